The van der Waals surface area contributed by atoms with Crippen LogP contribution in [0.5, 0.6) is 11.5 Å². The SMILES string of the molecule is CC[C@H](C)[C@H](CO)NC(=O)COc1cc2c(c3oc(=O)cc(C)c13)CCC(C)(C)O2. The average molecular weight is 418 g/mol. The van der Waals surface area contributed by atoms with Crippen LogP contribution < -0.4 is 20.4 Å². The molecule has 7 heteroatoms. The van der Waals surface area contributed by atoms with Gasteiger partial charge in [-0.25, -0.2) is 4.79 Å². The Morgan fingerprint density at radius 2 is 2.10 bits per heavy atom. The van der Waals surface area contributed by atoms with Crippen molar-refractivity contribution in [2.45, 2.75) is 65.5 Å². The molecule has 0 saturated carbocycles. The Hall–Kier alpha value is -2.54. The number of benzene rings is 1. The molecular weight excluding hydrogens is 386 g/mol. The maximum atomic E-state index is 12.4. The first kappa shape index (κ1) is 22.2. The number of rotatable bonds is 7. The third kappa shape index (κ3) is 4.61. The number of ether oxygens (including phenoxy) is 2. The highest BCUT2D eigenvalue weighted by Crippen LogP contribution is 2.42. The quantitative estimate of drug-likeness (QED) is 0.672. The molecule has 2 atom stereocenters. The van der Waals surface area contributed by atoms with Crippen LogP contribution in [0.1, 0.15) is 51.7 Å². The zero-order chi connectivity index (χ0) is 22.1. The Kier molecular flexibility index (Phi) is 6.41. The van der Waals surface area contributed by atoms with Gasteiger partial charge in [-0.2, -0.15) is 0 Å². The van der Waals surface area contributed by atoms with E-state index < -0.39 is 5.63 Å². The number of carbonyl (C=O) groups is 1. The van der Waals surface area contributed by atoms with E-state index in [9.17, 15) is 14.7 Å². The molecule has 1 amide bonds. The van der Waals surface area contributed by atoms with Crippen molar-refractivity contribution < 1.29 is 23.8 Å². The number of hydrogen-bond donors (Lipinski definition) is 2. The van der Waals surface area contributed by atoms with Crippen LogP contribution in [0.3, 0.4) is 0 Å². The molecule has 30 heavy (non-hydrogen) atoms. The zero-order valence-corrected chi connectivity index (χ0v) is 18.3. The molecule has 0 aliphatic carbocycles. The molecule has 2 heterocycles. The molecule has 1 aromatic heterocycles. The van der Waals surface area contributed by atoms with Crippen LogP contribution in [-0.2, 0) is 11.2 Å². The molecule has 0 spiro atoms. The van der Waals surface area contributed by atoms with Crippen LogP contribution in [-0.4, -0.2) is 35.9 Å². The molecule has 164 valence electrons. The second kappa shape index (κ2) is 8.68. The van der Waals surface area contributed by atoms with Crippen molar-refractivity contribution >= 4 is 16.9 Å². The number of hydrogen-bond acceptors (Lipinski definition) is 6. The summed E-state index contributed by atoms with van der Waals surface area (Å²) in [5.74, 6) is 0.866. The number of aryl methyl sites for hydroxylation is 2. The van der Waals surface area contributed by atoms with E-state index in [1.807, 2.05) is 34.6 Å². The summed E-state index contributed by atoms with van der Waals surface area (Å²) in [4.78, 5) is 24.4. The van der Waals surface area contributed by atoms with Crippen molar-refractivity contribution in [3.63, 3.8) is 0 Å². The number of fused-ring (bicyclic) bond motifs is 3. The summed E-state index contributed by atoms with van der Waals surface area (Å²) in [6.45, 7) is 9.46. The fourth-order valence-corrected chi connectivity index (χ4v) is 3.78. The molecule has 2 aromatic rings. The molecule has 3 rings (SSSR count). The van der Waals surface area contributed by atoms with Crippen LogP contribution in [0.4, 0.5) is 0 Å². The van der Waals surface area contributed by atoms with Crippen LogP contribution in [0.25, 0.3) is 11.0 Å². The van der Waals surface area contributed by atoms with E-state index in [1.165, 1.54) is 6.07 Å². The van der Waals surface area contributed by atoms with Gasteiger partial charge in [0.15, 0.2) is 6.61 Å². The molecule has 1 aromatic carbocycles. The Labute approximate surface area is 176 Å². The first-order valence-electron chi connectivity index (χ1n) is 10.5. The fraction of sp³-hybridized carbons (Fsp3) is 0.565. The third-order valence-corrected chi connectivity index (χ3v) is 5.83. The van der Waals surface area contributed by atoms with Crippen LogP contribution in [0.2, 0.25) is 0 Å². The van der Waals surface area contributed by atoms with Gasteiger partial charge in [-0.05, 0) is 45.1 Å². The molecule has 0 radical (unpaired) electrons. The third-order valence-electron chi connectivity index (χ3n) is 5.83. The highest BCUT2D eigenvalue weighted by molar-refractivity contribution is 5.91. The minimum atomic E-state index is -0.429. The lowest BCUT2D eigenvalue weighted by Gasteiger charge is -2.33. The van der Waals surface area contributed by atoms with Crippen LogP contribution >= 0.6 is 0 Å². The topological polar surface area (TPSA) is 98.0 Å². The van der Waals surface area contributed by atoms with E-state index in [1.54, 1.807) is 6.07 Å². The standard InChI is InChI=1S/C23H31NO6/c1-6-13(2)16(11-25)24-19(26)12-28-18-10-17-15(7-8-23(4,5)30-17)22-21(18)14(3)9-20(27)29-22/h9-10,13,16,25H,6-8,11-12H2,1-5H3,(H,24,26)/t13-,16-/m0/s1. The molecule has 2 N–H and O–H groups in total. The Bertz CT molecular complexity index is 993. The number of aliphatic hydroxyl groups excluding tert-OH is 1. The summed E-state index contributed by atoms with van der Waals surface area (Å²) in [7, 11) is 0. The Balaban J connectivity index is 1.92. The summed E-state index contributed by atoms with van der Waals surface area (Å²) in [5.41, 5.74) is 1.25. The van der Waals surface area contributed by atoms with Gasteiger partial charge in [0.05, 0.1) is 18.0 Å². The van der Waals surface area contributed by atoms with Gasteiger partial charge >= 0.3 is 5.63 Å². The zero-order valence-electron chi connectivity index (χ0n) is 18.3. The van der Waals surface area contributed by atoms with E-state index in [4.69, 9.17) is 13.9 Å². The summed E-state index contributed by atoms with van der Waals surface area (Å²) in [6.07, 6.45) is 2.36. The van der Waals surface area contributed by atoms with E-state index >= 15 is 0 Å². The second-order valence-electron chi connectivity index (χ2n) is 8.70. The number of aliphatic hydroxyl groups is 1. The maximum absolute atomic E-state index is 12.4. The molecule has 0 bridgehead atoms. The van der Waals surface area contributed by atoms with Crippen LogP contribution in [0.15, 0.2) is 21.3 Å². The van der Waals surface area contributed by atoms with Gasteiger partial charge in [-0.3, -0.25) is 4.79 Å². The summed E-state index contributed by atoms with van der Waals surface area (Å²) >= 11 is 0. The molecular formula is C23H31NO6. The predicted molar refractivity (Wildman–Crippen MR) is 114 cm³/mol. The van der Waals surface area contributed by atoms with Gasteiger partial charge in [0.25, 0.3) is 5.91 Å². The predicted octanol–water partition coefficient (Wildman–Crippen LogP) is 3.11. The Morgan fingerprint density at radius 1 is 1.37 bits per heavy atom. The van der Waals surface area contributed by atoms with Crippen molar-refractivity contribution in [3.05, 3.63) is 33.7 Å². The van der Waals surface area contributed by atoms with Gasteiger partial charge < -0.3 is 24.3 Å². The monoisotopic (exact) mass is 417 g/mol. The van der Waals surface area contributed by atoms with E-state index in [0.29, 0.717) is 22.5 Å². The Morgan fingerprint density at radius 3 is 2.77 bits per heavy atom. The van der Waals surface area contributed by atoms with Gasteiger partial charge in [0.2, 0.25) is 0 Å². The van der Waals surface area contributed by atoms with Crippen molar-refractivity contribution in [1.29, 1.82) is 0 Å². The highest BCUT2D eigenvalue weighted by atomic mass is 16.5. The molecule has 0 fully saturated rings. The van der Waals surface area contributed by atoms with E-state index in [0.717, 1.165) is 30.4 Å². The number of amides is 1. The summed E-state index contributed by atoms with van der Waals surface area (Å²) in [6, 6.07) is 2.87. The molecule has 1 aliphatic rings. The van der Waals surface area contributed by atoms with Gasteiger partial charge in [0, 0.05) is 17.7 Å². The van der Waals surface area contributed by atoms with Crippen LogP contribution in [0, 0.1) is 12.8 Å². The van der Waals surface area contributed by atoms with Gasteiger partial charge in [-0.1, -0.05) is 20.3 Å². The lowest BCUT2D eigenvalue weighted by atomic mass is 9.92. The van der Waals surface area contributed by atoms with Crippen molar-refractivity contribution in [2.75, 3.05) is 13.2 Å². The summed E-state index contributed by atoms with van der Waals surface area (Å²) < 4.78 is 17.5. The minimum absolute atomic E-state index is 0.129. The second-order valence-corrected chi connectivity index (χ2v) is 8.70. The minimum Gasteiger partial charge on any atom is -0.487 e. The first-order chi connectivity index (χ1) is 14.1. The normalized spacial score (nSPS) is 17.0. The number of carbonyl (C=O) groups excluding carboxylic acids is 1. The van der Waals surface area contributed by atoms with E-state index in [-0.39, 0.29) is 36.7 Å². The van der Waals surface area contributed by atoms with Gasteiger partial charge in [0.1, 0.15) is 22.7 Å². The molecule has 1 aliphatic heterocycles. The number of nitrogens with one attached hydrogen (secondary N) is 1. The largest absolute Gasteiger partial charge is 0.487 e. The van der Waals surface area contributed by atoms with Crippen molar-refractivity contribution in [1.82, 2.24) is 5.32 Å². The smallest absolute Gasteiger partial charge is 0.336 e. The fourth-order valence-electron chi connectivity index (χ4n) is 3.78. The molecule has 0 unspecified atom stereocenters. The highest BCUT2D eigenvalue weighted by Gasteiger charge is 2.30. The van der Waals surface area contributed by atoms with Gasteiger partial charge in [-0.15, -0.1) is 0 Å². The average Bonchev–Trinajstić information content (AvgIpc) is 2.68. The molecule has 7 nitrogen and oxygen atoms in total. The summed E-state index contributed by atoms with van der Waals surface area (Å²) in [5, 5.41) is 13.0. The van der Waals surface area contributed by atoms with E-state index in [2.05, 4.69) is 5.32 Å². The van der Waals surface area contributed by atoms with Crippen molar-refractivity contribution in [2.24, 2.45) is 5.92 Å². The first-order valence-corrected chi connectivity index (χ1v) is 10.5. The molecule has 0 saturated heterocycles. The van der Waals surface area contributed by atoms with Crippen molar-refractivity contribution in [3.8, 4) is 11.5 Å². The lowest BCUT2D eigenvalue weighted by Crippen LogP contribution is -2.43. The maximum Gasteiger partial charge on any atom is 0.336 e. The lowest BCUT2D eigenvalue weighted by molar-refractivity contribution is -0.124.